The van der Waals surface area contributed by atoms with Crippen molar-refractivity contribution in [3.63, 3.8) is 0 Å². The predicted molar refractivity (Wildman–Crippen MR) is 69.5 cm³/mol. The van der Waals surface area contributed by atoms with Crippen molar-refractivity contribution in [1.82, 2.24) is 19.6 Å². The molecule has 0 aromatic carbocycles. The van der Waals surface area contributed by atoms with Gasteiger partial charge in [-0.05, 0) is 28.4 Å². The van der Waals surface area contributed by atoms with Crippen LogP contribution in [0.4, 0.5) is 0 Å². The van der Waals surface area contributed by atoms with Crippen LogP contribution in [0.15, 0.2) is 16.7 Å². The van der Waals surface area contributed by atoms with Gasteiger partial charge >= 0.3 is 0 Å². The number of aromatic nitrogens is 4. The first kappa shape index (κ1) is 12.3. The zero-order valence-corrected chi connectivity index (χ0v) is 11.8. The Morgan fingerprint density at radius 1 is 1.41 bits per heavy atom. The zero-order valence-electron chi connectivity index (χ0n) is 10.2. The van der Waals surface area contributed by atoms with E-state index < -0.39 is 0 Å². The number of aryl methyl sites for hydroxylation is 3. The van der Waals surface area contributed by atoms with Gasteiger partial charge in [0.05, 0.1) is 33.8 Å². The number of nitrogens with two attached hydrogens (primary N) is 1. The van der Waals surface area contributed by atoms with Gasteiger partial charge in [0, 0.05) is 14.1 Å². The molecule has 0 spiro atoms. The number of halogens is 1. The van der Waals surface area contributed by atoms with Crippen LogP contribution in [-0.2, 0) is 20.5 Å². The van der Waals surface area contributed by atoms with Crippen molar-refractivity contribution in [3.8, 4) is 0 Å². The van der Waals surface area contributed by atoms with Crippen molar-refractivity contribution < 1.29 is 0 Å². The first-order valence-electron chi connectivity index (χ1n) is 5.50. The van der Waals surface area contributed by atoms with Crippen molar-refractivity contribution in [3.05, 3.63) is 33.8 Å². The van der Waals surface area contributed by atoms with Gasteiger partial charge in [-0.15, -0.1) is 0 Å². The first-order chi connectivity index (χ1) is 8.04. The lowest BCUT2D eigenvalue weighted by molar-refractivity contribution is 0.617. The van der Waals surface area contributed by atoms with Crippen molar-refractivity contribution in [2.75, 3.05) is 0 Å². The summed E-state index contributed by atoms with van der Waals surface area (Å²) in [5.74, 6) is 0. The molecule has 0 bridgehead atoms. The van der Waals surface area contributed by atoms with E-state index in [0.717, 1.165) is 28.0 Å². The summed E-state index contributed by atoms with van der Waals surface area (Å²) in [7, 11) is 3.80. The number of hydrogen-bond acceptors (Lipinski definition) is 3. The fourth-order valence-electron chi connectivity index (χ4n) is 1.92. The van der Waals surface area contributed by atoms with Gasteiger partial charge in [-0.3, -0.25) is 9.36 Å². The van der Waals surface area contributed by atoms with Gasteiger partial charge in [0.2, 0.25) is 0 Å². The Hall–Kier alpha value is -1.14. The maximum atomic E-state index is 6.28. The molecule has 2 aromatic rings. The van der Waals surface area contributed by atoms with Gasteiger partial charge in [0.15, 0.2) is 0 Å². The van der Waals surface area contributed by atoms with E-state index in [2.05, 4.69) is 33.1 Å². The molecular formula is C11H16BrN5. The highest BCUT2D eigenvalue weighted by Crippen LogP contribution is 2.26. The second-order valence-electron chi connectivity index (χ2n) is 4.02. The lowest BCUT2D eigenvalue weighted by atomic mass is 10.1. The highest BCUT2D eigenvalue weighted by atomic mass is 79.9. The van der Waals surface area contributed by atoms with Crippen LogP contribution < -0.4 is 5.73 Å². The summed E-state index contributed by atoms with van der Waals surface area (Å²) in [6.45, 7) is 2.08. The molecule has 0 radical (unpaired) electrons. The highest BCUT2D eigenvalue weighted by Gasteiger charge is 2.20. The van der Waals surface area contributed by atoms with E-state index in [-0.39, 0.29) is 6.04 Å². The minimum absolute atomic E-state index is 0.227. The molecule has 1 unspecified atom stereocenters. The standard InChI is InChI=1S/C11H16BrN5/c1-4-7-5-9(16(2)15-7)10(13)11-8(12)6-14-17(11)3/h5-6,10H,4,13H2,1-3H3. The third-order valence-corrected chi connectivity index (χ3v) is 3.49. The second-order valence-corrected chi connectivity index (χ2v) is 4.87. The quantitative estimate of drug-likeness (QED) is 0.934. The third-order valence-electron chi connectivity index (χ3n) is 2.88. The van der Waals surface area contributed by atoms with Crippen LogP contribution in [0.2, 0.25) is 0 Å². The molecule has 2 rings (SSSR count). The fourth-order valence-corrected chi connectivity index (χ4v) is 2.51. The Bertz CT molecular complexity index is 508. The molecule has 0 aliphatic heterocycles. The molecule has 0 saturated heterocycles. The monoisotopic (exact) mass is 297 g/mol. The fraction of sp³-hybridized carbons (Fsp3) is 0.455. The van der Waals surface area contributed by atoms with Crippen LogP contribution in [0.5, 0.6) is 0 Å². The zero-order chi connectivity index (χ0) is 12.6. The maximum absolute atomic E-state index is 6.28. The molecule has 2 N–H and O–H groups in total. The number of hydrogen-bond donors (Lipinski definition) is 1. The summed E-state index contributed by atoms with van der Waals surface area (Å²) in [4.78, 5) is 0. The minimum Gasteiger partial charge on any atom is -0.318 e. The van der Waals surface area contributed by atoms with Crippen molar-refractivity contribution in [2.24, 2.45) is 19.8 Å². The molecule has 92 valence electrons. The SMILES string of the molecule is CCc1cc(C(N)c2c(Br)cnn2C)n(C)n1. The van der Waals surface area contributed by atoms with Crippen molar-refractivity contribution in [2.45, 2.75) is 19.4 Å². The second kappa shape index (κ2) is 4.62. The molecule has 2 heterocycles. The Morgan fingerprint density at radius 2 is 2.12 bits per heavy atom. The van der Waals surface area contributed by atoms with E-state index in [4.69, 9.17) is 5.73 Å². The topological polar surface area (TPSA) is 61.7 Å². The lowest BCUT2D eigenvalue weighted by Gasteiger charge is -2.13. The van der Waals surface area contributed by atoms with Crippen LogP contribution in [0.3, 0.4) is 0 Å². The van der Waals surface area contributed by atoms with Crippen LogP contribution in [-0.4, -0.2) is 19.6 Å². The summed E-state index contributed by atoms with van der Waals surface area (Å²) in [5, 5.41) is 8.59. The molecule has 17 heavy (non-hydrogen) atoms. The summed E-state index contributed by atoms with van der Waals surface area (Å²) in [6.07, 6.45) is 2.67. The molecule has 1 atom stereocenters. The predicted octanol–water partition coefficient (Wildman–Crippen LogP) is 1.53. The van der Waals surface area contributed by atoms with E-state index in [1.165, 1.54) is 0 Å². The van der Waals surface area contributed by atoms with Crippen LogP contribution >= 0.6 is 15.9 Å². The van der Waals surface area contributed by atoms with Crippen LogP contribution in [0.25, 0.3) is 0 Å². The van der Waals surface area contributed by atoms with E-state index in [0.29, 0.717) is 0 Å². The largest absolute Gasteiger partial charge is 0.318 e. The normalized spacial score (nSPS) is 13.0. The van der Waals surface area contributed by atoms with Crippen LogP contribution in [0.1, 0.15) is 30.0 Å². The summed E-state index contributed by atoms with van der Waals surface area (Å²) >= 11 is 3.47. The molecular weight excluding hydrogens is 282 g/mol. The highest BCUT2D eigenvalue weighted by molar-refractivity contribution is 9.10. The number of rotatable bonds is 3. The molecule has 5 nitrogen and oxygen atoms in total. The molecule has 6 heteroatoms. The van der Waals surface area contributed by atoms with E-state index in [1.807, 2.05) is 24.8 Å². The van der Waals surface area contributed by atoms with Crippen molar-refractivity contribution in [1.29, 1.82) is 0 Å². The minimum atomic E-state index is -0.227. The summed E-state index contributed by atoms with van der Waals surface area (Å²) in [5.41, 5.74) is 9.28. The Labute approximate surface area is 109 Å². The summed E-state index contributed by atoms with van der Waals surface area (Å²) < 4.78 is 4.54. The summed E-state index contributed by atoms with van der Waals surface area (Å²) in [6, 6.07) is 1.82. The van der Waals surface area contributed by atoms with Crippen molar-refractivity contribution >= 4 is 15.9 Å². The average molecular weight is 298 g/mol. The average Bonchev–Trinajstić information content (AvgIpc) is 2.82. The van der Waals surface area contributed by atoms with E-state index in [1.54, 1.807) is 10.9 Å². The maximum Gasteiger partial charge on any atom is 0.0905 e. The van der Waals surface area contributed by atoms with Gasteiger partial charge in [0.25, 0.3) is 0 Å². The van der Waals surface area contributed by atoms with Gasteiger partial charge in [-0.2, -0.15) is 10.2 Å². The number of nitrogens with zero attached hydrogens (tertiary/aromatic N) is 4. The van der Waals surface area contributed by atoms with E-state index >= 15 is 0 Å². The van der Waals surface area contributed by atoms with Crippen LogP contribution in [0, 0.1) is 0 Å². The Kier molecular flexibility index (Phi) is 3.35. The molecule has 2 aromatic heterocycles. The third kappa shape index (κ3) is 2.14. The molecule has 0 fully saturated rings. The lowest BCUT2D eigenvalue weighted by Crippen LogP contribution is -2.19. The first-order valence-corrected chi connectivity index (χ1v) is 6.29. The van der Waals surface area contributed by atoms with Gasteiger partial charge in [0.1, 0.15) is 0 Å². The van der Waals surface area contributed by atoms with Gasteiger partial charge in [-0.1, -0.05) is 6.92 Å². The van der Waals surface area contributed by atoms with Gasteiger partial charge in [-0.25, -0.2) is 0 Å². The smallest absolute Gasteiger partial charge is 0.0905 e. The Morgan fingerprint density at radius 3 is 2.59 bits per heavy atom. The van der Waals surface area contributed by atoms with E-state index in [9.17, 15) is 0 Å². The molecule has 0 aliphatic rings. The molecule has 0 aliphatic carbocycles. The molecule has 0 saturated carbocycles. The Balaban J connectivity index is 2.43. The molecule has 0 amide bonds. The van der Waals surface area contributed by atoms with Gasteiger partial charge < -0.3 is 5.73 Å².